The second-order valence-electron chi connectivity index (χ2n) is 8.09. The summed E-state index contributed by atoms with van der Waals surface area (Å²) >= 11 is 0. The first-order valence-electron chi connectivity index (χ1n) is 10.8. The largest absolute Gasteiger partial charge is 0.444 e. The third kappa shape index (κ3) is 6.89. The SMILES string of the molecule is CN=C(NCCCCN1CCC(C)CC1)NCc1coc(-c2ccc(C)cc2)n1. The van der Waals surface area contributed by atoms with Gasteiger partial charge in [-0.05, 0) is 70.3 Å². The van der Waals surface area contributed by atoms with E-state index in [1.54, 1.807) is 13.3 Å². The fourth-order valence-corrected chi connectivity index (χ4v) is 3.56. The predicted molar refractivity (Wildman–Crippen MR) is 119 cm³/mol. The van der Waals surface area contributed by atoms with Crippen LogP contribution in [0.2, 0.25) is 0 Å². The van der Waals surface area contributed by atoms with E-state index in [-0.39, 0.29) is 0 Å². The summed E-state index contributed by atoms with van der Waals surface area (Å²) in [5.41, 5.74) is 3.08. The zero-order chi connectivity index (χ0) is 20.5. The minimum Gasteiger partial charge on any atom is -0.444 e. The zero-order valence-electron chi connectivity index (χ0n) is 18.1. The Morgan fingerprint density at radius 2 is 1.93 bits per heavy atom. The summed E-state index contributed by atoms with van der Waals surface area (Å²) in [6, 6.07) is 8.19. The Hall–Kier alpha value is -2.34. The van der Waals surface area contributed by atoms with Crippen molar-refractivity contribution in [2.24, 2.45) is 10.9 Å². The highest BCUT2D eigenvalue weighted by Crippen LogP contribution is 2.19. The normalized spacial score (nSPS) is 16.2. The first-order valence-corrected chi connectivity index (χ1v) is 10.8. The van der Waals surface area contributed by atoms with Crippen LogP contribution in [0.3, 0.4) is 0 Å². The van der Waals surface area contributed by atoms with Crippen molar-refractivity contribution in [3.63, 3.8) is 0 Å². The lowest BCUT2D eigenvalue weighted by Gasteiger charge is -2.30. The lowest BCUT2D eigenvalue weighted by Crippen LogP contribution is -2.38. The first-order chi connectivity index (χ1) is 14.1. The van der Waals surface area contributed by atoms with E-state index in [4.69, 9.17) is 4.42 Å². The van der Waals surface area contributed by atoms with Gasteiger partial charge in [0.1, 0.15) is 6.26 Å². The van der Waals surface area contributed by atoms with Crippen molar-refractivity contribution in [3.05, 3.63) is 41.8 Å². The van der Waals surface area contributed by atoms with E-state index in [1.807, 2.05) is 12.1 Å². The van der Waals surface area contributed by atoms with E-state index in [9.17, 15) is 0 Å². The minimum atomic E-state index is 0.584. The van der Waals surface area contributed by atoms with Crippen LogP contribution in [0.5, 0.6) is 0 Å². The van der Waals surface area contributed by atoms with E-state index in [0.717, 1.165) is 36.1 Å². The van der Waals surface area contributed by atoms with Crippen LogP contribution in [-0.4, -0.2) is 49.1 Å². The fraction of sp³-hybridized carbons (Fsp3) is 0.565. The Morgan fingerprint density at radius 1 is 1.17 bits per heavy atom. The number of hydrogen-bond donors (Lipinski definition) is 2. The predicted octanol–water partition coefficient (Wildman–Crippen LogP) is 3.83. The van der Waals surface area contributed by atoms with Crippen molar-refractivity contribution in [2.75, 3.05) is 33.2 Å². The molecule has 0 atom stereocenters. The summed E-state index contributed by atoms with van der Waals surface area (Å²) in [5.74, 6) is 2.36. The standard InChI is InChI=1S/C23H35N5O/c1-18-6-8-20(9-7-18)22-27-21(17-29-22)16-26-23(24-3)25-12-4-5-13-28-14-10-19(2)11-15-28/h6-9,17,19H,4-5,10-16H2,1-3H3,(H2,24,25,26). The number of benzene rings is 1. The number of nitrogens with one attached hydrogen (secondary N) is 2. The highest BCUT2D eigenvalue weighted by atomic mass is 16.3. The van der Waals surface area contributed by atoms with Crippen LogP contribution in [0, 0.1) is 12.8 Å². The van der Waals surface area contributed by atoms with Crippen molar-refractivity contribution in [2.45, 2.75) is 46.1 Å². The van der Waals surface area contributed by atoms with E-state index < -0.39 is 0 Å². The quantitative estimate of drug-likeness (QED) is 0.403. The highest BCUT2D eigenvalue weighted by Gasteiger charge is 2.14. The van der Waals surface area contributed by atoms with Crippen LogP contribution in [0.25, 0.3) is 11.5 Å². The number of aliphatic imine (C=N–C) groups is 1. The zero-order valence-corrected chi connectivity index (χ0v) is 18.1. The topological polar surface area (TPSA) is 65.7 Å². The second-order valence-corrected chi connectivity index (χ2v) is 8.09. The summed E-state index contributed by atoms with van der Waals surface area (Å²) in [4.78, 5) is 11.5. The van der Waals surface area contributed by atoms with Crippen LogP contribution in [0.4, 0.5) is 0 Å². The highest BCUT2D eigenvalue weighted by molar-refractivity contribution is 5.79. The van der Waals surface area contributed by atoms with Crippen LogP contribution < -0.4 is 10.6 Å². The molecule has 1 aliphatic rings. The average Bonchev–Trinajstić information content (AvgIpc) is 3.21. The lowest BCUT2D eigenvalue weighted by atomic mass is 9.99. The number of hydrogen-bond acceptors (Lipinski definition) is 4. The van der Waals surface area contributed by atoms with Gasteiger partial charge in [0.25, 0.3) is 0 Å². The maximum atomic E-state index is 5.62. The number of likely N-dealkylation sites (tertiary alicyclic amines) is 1. The van der Waals surface area contributed by atoms with E-state index in [2.05, 4.69) is 51.5 Å². The number of nitrogens with zero attached hydrogens (tertiary/aromatic N) is 3. The van der Waals surface area contributed by atoms with Gasteiger partial charge in [0.15, 0.2) is 5.96 Å². The molecular formula is C23H35N5O. The van der Waals surface area contributed by atoms with E-state index in [0.29, 0.717) is 12.4 Å². The van der Waals surface area contributed by atoms with E-state index >= 15 is 0 Å². The van der Waals surface area contributed by atoms with Gasteiger partial charge in [0.2, 0.25) is 5.89 Å². The molecule has 1 saturated heterocycles. The number of aryl methyl sites for hydroxylation is 1. The van der Waals surface area contributed by atoms with Crippen molar-refractivity contribution >= 4 is 5.96 Å². The molecule has 0 unspecified atom stereocenters. The van der Waals surface area contributed by atoms with Gasteiger partial charge in [-0.1, -0.05) is 24.6 Å². The monoisotopic (exact) mass is 397 g/mol. The van der Waals surface area contributed by atoms with Crippen molar-refractivity contribution in [1.29, 1.82) is 0 Å². The molecule has 6 heteroatoms. The fourth-order valence-electron chi connectivity index (χ4n) is 3.56. The molecule has 1 fully saturated rings. The summed E-state index contributed by atoms with van der Waals surface area (Å²) < 4.78 is 5.62. The molecule has 29 heavy (non-hydrogen) atoms. The van der Waals surface area contributed by atoms with Crippen LogP contribution >= 0.6 is 0 Å². The molecule has 2 N–H and O–H groups in total. The number of oxazole rings is 1. The molecule has 3 rings (SSSR count). The summed E-state index contributed by atoms with van der Waals surface area (Å²) in [6.45, 7) is 9.68. The summed E-state index contributed by atoms with van der Waals surface area (Å²) in [6.07, 6.45) is 6.77. The third-order valence-electron chi connectivity index (χ3n) is 5.58. The smallest absolute Gasteiger partial charge is 0.226 e. The van der Waals surface area contributed by atoms with Crippen LogP contribution in [0.1, 0.15) is 43.9 Å². The maximum Gasteiger partial charge on any atom is 0.226 e. The molecule has 0 bridgehead atoms. The van der Waals surface area contributed by atoms with Gasteiger partial charge in [0, 0.05) is 19.2 Å². The molecule has 1 aromatic carbocycles. The van der Waals surface area contributed by atoms with Crippen molar-refractivity contribution in [1.82, 2.24) is 20.5 Å². The molecule has 158 valence electrons. The Morgan fingerprint density at radius 3 is 2.66 bits per heavy atom. The molecule has 2 heterocycles. The van der Waals surface area contributed by atoms with Crippen molar-refractivity contribution in [3.8, 4) is 11.5 Å². The number of guanidine groups is 1. The van der Waals surface area contributed by atoms with Crippen LogP contribution in [-0.2, 0) is 6.54 Å². The lowest BCUT2D eigenvalue weighted by molar-refractivity contribution is 0.189. The number of rotatable bonds is 8. The summed E-state index contributed by atoms with van der Waals surface area (Å²) in [7, 11) is 1.80. The molecule has 0 amide bonds. The van der Waals surface area contributed by atoms with Gasteiger partial charge in [0.05, 0.1) is 12.2 Å². The Balaban J connectivity index is 1.34. The van der Waals surface area contributed by atoms with Gasteiger partial charge < -0.3 is 20.0 Å². The molecule has 6 nitrogen and oxygen atoms in total. The molecule has 1 aromatic heterocycles. The first kappa shape index (κ1) is 21.4. The Bertz CT molecular complexity index is 760. The van der Waals surface area contributed by atoms with Crippen molar-refractivity contribution < 1.29 is 4.42 Å². The molecule has 1 aliphatic heterocycles. The van der Waals surface area contributed by atoms with Gasteiger partial charge >= 0.3 is 0 Å². The molecule has 0 aliphatic carbocycles. The average molecular weight is 398 g/mol. The summed E-state index contributed by atoms with van der Waals surface area (Å²) in [5, 5.41) is 6.70. The van der Waals surface area contributed by atoms with Gasteiger partial charge in [-0.3, -0.25) is 4.99 Å². The van der Waals surface area contributed by atoms with Gasteiger partial charge in [-0.15, -0.1) is 0 Å². The van der Waals surface area contributed by atoms with E-state index in [1.165, 1.54) is 44.5 Å². The minimum absolute atomic E-state index is 0.584. The molecule has 0 saturated carbocycles. The molecule has 2 aromatic rings. The Kier molecular flexibility index (Phi) is 8.11. The van der Waals surface area contributed by atoms with Gasteiger partial charge in [-0.2, -0.15) is 0 Å². The second kappa shape index (κ2) is 11.0. The molecule has 0 spiro atoms. The maximum absolute atomic E-state index is 5.62. The molecular weight excluding hydrogens is 362 g/mol. The number of unbranched alkanes of at least 4 members (excludes halogenated alkanes) is 1. The number of piperidine rings is 1. The number of aromatic nitrogens is 1. The molecule has 0 radical (unpaired) electrons. The Labute approximate surface area is 174 Å². The van der Waals surface area contributed by atoms with Crippen LogP contribution in [0.15, 0.2) is 39.9 Å². The van der Waals surface area contributed by atoms with Gasteiger partial charge in [-0.25, -0.2) is 4.98 Å². The third-order valence-corrected chi connectivity index (χ3v) is 5.58.